The molecule has 0 atom stereocenters. The Balaban J connectivity index is 1.83. The summed E-state index contributed by atoms with van der Waals surface area (Å²) in [5.74, 6) is -1.59. The quantitative estimate of drug-likeness (QED) is 0.434. The molecule has 2 aromatic carbocycles. The second-order valence-electron chi connectivity index (χ2n) is 5.90. The summed E-state index contributed by atoms with van der Waals surface area (Å²) in [5, 5.41) is 8.68. The number of aryl methyl sites for hydroxylation is 2. The van der Waals surface area contributed by atoms with E-state index in [4.69, 9.17) is 4.84 Å². The number of benzene rings is 2. The van der Waals surface area contributed by atoms with Gasteiger partial charge < -0.3 is 20.2 Å². The Morgan fingerprint density at radius 3 is 2.50 bits per heavy atom. The van der Waals surface area contributed by atoms with Crippen LogP contribution in [0.4, 0.5) is 11.4 Å². The number of esters is 1. The fourth-order valence-electron chi connectivity index (χ4n) is 2.37. The van der Waals surface area contributed by atoms with E-state index < -0.39 is 24.4 Å². The number of methoxy groups -OCH3 is 1. The molecule has 0 bridgehead atoms. The lowest BCUT2D eigenvalue weighted by Gasteiger charge is -2.09. The number of carbonyl (C=O) groups excluding carboxylic acids is 3. The first-order chi connectivity index (χ1) is 13.4. The molecule has 0 saturated carbocycles. The molecular formula is C20H21N3O5. The lowest BCUT2D eigenvalue weighted by molar-refractivity contribution is -0.120. The lowest BCUT2D eigenvalue weighted by Crippen LogP contribution is -2.20. The van der Waals surface area contributed by atoms with Crippen molar-refractivity contribution in [3.8, 4) is 0 Å². The van der Waals surface area contributed by atoms with Gasteiger partial charge in [-0.05, 0) is 37.6 Å². The van der Waals surface area contributed by atoms with E-state index in [0.717, 1.165) is 17.3 Å². The second kappa shape index (κ2) is 9.86. The molecule has 8 nitrogen and oxygen atoms in total. The van der Waals surface area contributed by atoms with E-state index in [-0.39, 0.29) is 5.56 Å². The Kier molecular flexibility index (Phi) is 7.27. The van der Waals surface area contributed by atoms with Gasteiger partial charge >= 0.3 is 5.97 Å². The number of carbonyl (C=O) groups is 3. The average Bonchev–Trinajstić information content (AvgIpc) is 2.67. The van der Waals surface area contributed by atoms with Crippen LogP contribution in [0.25, 0.3) is 0 Å². The summed E-state index contributed by atoms with van der Waals surface area (Å²) in [6, 6.07) is 12.0. The fourth-order valence-corrected chi connectivity index (χ4v) is 2.37. The van der Waals surface area contributed by atoms with Crippen molar-refractivity contribution in [3.63, 3.8) is 0 Å². The Morgan fingerprint density at radius 1 is 1.04 bits per heavy atom. The molecule has 0 aliphatic heterocycles. The number of rotatable bonds is 7. The molecule has 0 radical (unpaired) electrons. The van der Waals surface area contributed by atoms with E-state index in [2.05, 4.69) is 20.5 Å². The van der Waals surface area contributed by atoms with Crippen LogP contribution in [0.5, 0.6) is 0 Å². The number of amides is 2. The van der Waals surface area contributed by atoms with Crippen molar-refractivity contribution in [1.82, 2.24) is 0 Å². The minimum Gasteiger partial charge on any atom is -0.465 e. The first-order valence-electron chi connectivity index (χ1n) is 8.41. The van der Waals surface area contributed by atoms with Gasteiger partial charge in [0.1, 0.15) is 6.21 Å². The highest BCUT2D eigenvalue weighted by molar-refractivity contribution is 6.31. The zero-order chi connectivity index (χ0) is 20.5. The van der Waals surface area contributed by atoms with E-state index in [9.17, 15) is 14.4 Å². The van der Waals surface area contributed by atoms with Crippen LogP contribution in [0.1, 0.15) is 21.5 Å². The Morgan fingerprint density at radius 2 is 1.79 bits per heavy atom. The summed E-state index contributed by atoms with van der Waals surface area (Å²) in [6.45, 7) is 3.41. The summed E-state index contributed by atoms with van der Waals surface area (Å²) in [7, 11) is 1.25. The molecular weight excluding hydrogens is 362 g/mol. The van der Waals surface area contributed by atoms with Crippen LogP contribution < -0.4 is 10.6 Å². The van der Waals surface area contributed by atoms with Crippen molar-refractivity contribution in [2.45, 2.75) is 13.8 Å². The first-order valence-corrected chi connectivity index (χ1v) is 8.41. The largest absolute Gasteiger partial charge is 0.465 e. The smallest absolute Gasteiger partial charge is 0.339 e. The first kappa shape index (κ1) is 20.6. The van der Waals surface area contributed by atoms with Gasteiger partial charge in [-0.2, -0.15) is 0 Å². The van der Waals surface area contributed by atoms with Crippen molar-refractivity contribution in [1.29, 1.82) is 0 Å². The molecule has 0 spiro atoms. The van der Waals surface area contributed by atoms with Gasteiger partial charge in [0.05, 0.1) is 18.4 Å². The normalized spacial score (nSPS) is 10.4. The molecule has 0 unspecified atom stereocenters. The standard InChI is InChI=1S/C20H21N3O5/c1-13-8-9-16(14(2)10-13)22-18(24)11-21-28-12-19(25)23-17-7-5-4-6-15(17)20(26)27-3/h4-11H,12H2,1-3H3,(H,22,24)(H,23,25)/b21-11-. The summed E-state index contributed by atoms with van der Waals surface area (Å²) in [6.07, 6.45) is 0.939. The number of nitrogens with zero attached hydrogens (tertiary/aromatic N) is 1. The van der Waals surface area contributed by atoms with Gasteiger partial charge in [-0.25, -0.2) is 4.79 Å². The maximum absolute atomic E-state index is 11.9. The summed E-state index contributed by atoms with van der Waals surface area (Å²) >= 11 is 0. The van der Waals surface area contributed by atoms with E-state index in [1.54, 1.807) is 24.3 Å². The molecule has 2 rings (SSSR count). The van der Waals surface area contributed by atoms with Crippen LogP contribution in [0.3, 0.4) is 0 Å². The van der Waals surface area contributed by atoms with Crippen LogP contribution in [-0.2, 0) is 19.2 Å². The molecule has 0 heterocycles. The third-order valence-electron chi connectivity index (χ3n) is 3.69. The van der Waals surface area contributed by atoms with E-state index in [0.29, 0.717) is 11.4 Å². The number of hydrogen-bond donors (Lipinski definition) is 2. The summed E-state index contributed by atoms with van der Waals surface area (Å²) < 4.78 is 4.66. The number of ether oxygens (including phenoxy) is 1. The predicted molar refractivity (Wildman–Crippen MR) is 105 cm³/mol. The summed E-state index contributed by atoms with van der Waals surface area (Å²) in [4.78, 5) is 40.3. The van der Waals surface area contributed by atoms with Gasteiger partial charge in [0.25, 0.3) is 11.8 Å². The van der Waals surface area contributed by atoms with E-state index >= 15 is 0 Å². The molecule has 2 N–H and O–H groups in total. The highest BCUT2D eigenvalue weighted by atomic mass is 16.6. The minimum absolute atomic E-state index is 0.217. The van der Waals surface area contributed by atoms with Crippen molar-refractivity contribution < 1.29 is 24.0 Å². The fraction of sp³-hybridized carbons (Fsp3) is 0.200. The summed E-state index contributed by atoms with van der Waals surface area (Å²) in [5.41, 5.74) is 3.19. The molecule has 0 saturated heterocycles. The molecule has 0 aliphatic carbocycles. The highest BCUT2D eigenvalue weighted by Crippen LogP contribution is 2.16. The molecule has 0 aliphatic rings. The molecule has 0 fully saturated rings. The van der Waals surface area contributed by atoms with Crippen LogP contribution in [0.15, 0.2) is 47.6 Å². The predicted octanol–water partition coefficient (Wildman–Crippen LogP) is 2.67. The van der Waals surface area contributed by atoms with Crippen molar-refractivity contribution in [2.75, 3.05) is 24.4 Å². The number of hydrogen-bond acceptors (Lipinski definition) is 6. The molecule has 0 aromatic heterocycles. The number of anilines is 2. The maximum atomic E-state index is 11.9. The Hall–Kier alpha value is -3.68. The average molecular weight is 383 g/mol. The maximum Gasteiger partial charge on any atom is 0.339 e. The topological polar surface area (TPSA) is 106 Å². The number of para-hydroxylation sites is 1. The van der Waals surface area contributed by atoms with Crippen molar-refractivity contribution in [2.24, 2.45) is 5.16 Å². The molecule has 28 heavy (non-hydrogen) atoms. The van der Waals surface area contributed by atoms with Crippen molar-refractivity contribution in [3.05, 3.63) is 59.2 Å². The van der Waals surface area contributed by atoms with Gasteiger partial charge in [-0.15, -0.1) is 0 Å². The van der Waals surface area contributed by atoms with E-state index in [1.807, 2.05) is 26.0 Å². The molecule has 2 amide bonds. The highest BCUT2D eigenvalue weighted by Gasteiger charge is 2.13. The Labute approximate surface area is 162 Å². The third kappa shape index (κ3) is 5.94. The van der Waals surface area contributed by atoms with Gasteiger partial charge in [-0.3, -0.25) is 9.59 Å². The van der Waals surface area contributed by atoms with Crippen LogP contribution in [0, 0.1) is 13.8 Å². The number of oxime groups is 1. The molecule has 8 heteroatoms. The SMILES string of the molecule is COC(=O)c1ccccc1NC(=O)CO/N=C\C(=O)Nc1ccc(C)cc1C. The Bertz CT molecular complexity index is 908. The number of nitrogens with one attached hydrogen (secondary N) is 2. The third-order valence-corrected chi connectivity index (χ3v) is 3.69. The zero-order valence-corrected chi connectivity index (χ0v) is 15.8. The minimum atomic E-state index is -0.571. The van der Waals surface area contributed by atoms with Gasteiger partial charge in [0.15, 0.2) is 6.61 Å². The molecule has 2 aromatic rings. The lowest BCUT2D eigenvalue weighted by atomic mass is 10.1. The van der Waals surface area contributed by atoms with Crippen LogP contribution in [0.2, 0.25) is 0 Å². The van der Waals surface area contributed by atoms with E-state index in [1.165, 1.54) is 13.2 Å². The molecule has 146 valence electrons. The van der Waals surface area contributed by atoms with Gasteiger partial charge in [0, 0.05) is 5.69 Å². The van der Waals surface area contributed by atoms with Gasteiger partial charge in [-0.1, -0.05) is 35.0 Å². The van der Waals surface area contributed by atoms with Crippen LogP contribution >= 0.6 is 0 Å². The zero-order valence-electron chi connectivity index (χ0n) is 15.8. The van der Waals surface area contributed by atoms with Gasteiger partial charge in [0.2, 0.25) is 0 Å². The van der Waals surface area contributed by atoms with Crippen LogP contribution in [-0.4, -0.2) is 37.7 Å². The second-order valence-corrected chi connectivity index (χ2v) is 5.90. The monoisotopic (exact) mass is 383 g/mol. The van der Waals surface area contributed by atoms with Crippen molar-refractivity contribution >= 4 is 35.4 Å².